The number of fused-ring (bicyclic) bond motifs is 3. The maximum absolute atomic E-state index is 6.07. The lowest BCUT2D eigenvalue weighted by Gasteiger charge is -2.19. The standard InChI is InChI=1S/C18H19N3O/c1-2-5-15-13(4-1)7-8-16-17(6-3-11-22-18(15)16)19-12-14-9-10-20-21-14/h1-2,4-5,7-10,17,19H,3,6,11-12H2,(H,20,21). The zero-order valence-electron chi connectivity index (χ0n) is 12.4. The van der Waals surface area contributed by atoms with Gasteiger partial charge in [-0.05, 0) is 24.3 Å². The van der Waals surface area contributed by atoms with Crippen LogP contribution in [0.2, 0.25) is 0 Å². The maximum atomic E-state index is 6.07. The van der Waals surface area contributed by atoms with E-state index in [-0.39, 0.29) is 0 Å². The number of H-pyrrole nitrogens is 1. The molecule has 0 fully saturated rings. The number of rotatable bonds is 3. The summed E-state index contributed by atoms with van der Waals surface area (Å²) in [6.45, 7) is 1.57. The molecule has 0 saturated heterocycles. The van der Waals surface area contributed by atoms with Crippen molar-refractivity contribution in [3.8, 4) is 5.75 Å². The van der Waals surface area contributed by atoms with Gasteiger partial charge in [-0.1, -0.05) is 36.4 Å². The number of aromatic amines is 1. The lowest BCUT2D eigenvalue weighted by Crippen LogP contribution is -2.20. The molecule has 0 bridgehead atoms. The molecule has 4 rings (SSSR count). The summed E-state index contributed by atoms with van der Waals surface area (Å²) >= 11 is 0. The fourth-order valence-corrected chi connectivity index (χ4v) is 3.14. The molecule has 0 aliphatic carbocycles. The molecule has 1 aliphatic heterocycles. The van der Waals surface area contributed by atoms with Crippen molar-refractivity contribution in [2.24, 2.45) is 0 Å². The van der Waals surface area contributed by atoms with Crippen molar-refractivity contribution < 1.29 is 4.74 Å². The van der Waals surface area contributed by atoms with Crippen LogP contribution in [-0.4, -0.2) is 16.8 Å². The van der Waals surface area contributed by atoms with Crippen LogP contribution in [-0.2, 0) is 6.54 Å². The SMILES string of the molecule is c1ccc2c3c(ccc2c1)C(NCc1ccn[nH]1)CCCO3. The summed E-state index contributed by atoms with van der Waals surface area (Å²) in [5, 5.41) is 13.1. The van der Waals surface area contributed by atoms with E-state index in [2.05, 4.69) is 51.9 Å². The van der Waals surface area contributed by atoms with E-state index >= 15 is 0 Å². The van der Waals surface area contributed by atoms with E-state index in [9.17, 15) is 0 Å². The van der Waals surface area contributed by atoms with Gasteiger partial charge in [-0.25, -0.2) is 0 Å². The lowest BCUT2D eigenvalue weighted by molar-refractivity contribution is 0.318. The number of nitrogens with zero attached hydrogens (tertiary/aromatic N) is 1. The summed E-state index contributed by atoms with van der Waals surface area (Å²) in [5.41, 5.74) is 2.36. The number of hydrogen-bond donors (Lipinski definition) is 2. The second kappa shape index (κ2) is 5.81. The fourth-order valence-electron chi connectivity index (χ4n) is 3.14. The molecule has 0 saturated carbocycles. The molecule has 2 heterocycles. The monoisotopic (exact) mass is 293 g/mol. The van der Waals surface area contributed by atoms with E-state index in [0.717, 1.165) is 37.4 Å². The zero-order chi connectivity index (χ0) is 14.8. The van der Waals surface area contributed by atoms with E-state index in [1.807, 2.05) is 6.07 Å². The third-order valence-electron chi connectivity index (χ3n) is 4.27. The van der Waals surface area contributed by atoms with Crippen LogP contribution in [0.1, 0.15) is 30.1 Å². The van der Waals surface area contributed by atoms with Crippen molar-refractivity contribution in [3.05, 3.63) is 59.9 Å². The van der Waals surface area contributed by atoms with Crippen molar-refractivity contribution in [1.29, 1.82) is 0 Å². The Morgan fingerprint density at radius 2 is 2.14 bits per heavy atom. The van der Waals surface area contributed by atoms with Crippen molar-refractivity contribution in [2.45, 2.75) is 25.4 Å². The Hall–Kier alpha value is -2.33. The first-order chi connectivity index (χ1) is 10.9. The van der Waals surface area contributed by atoms with E-state index < -0.39 is 0 Å². The van der Waals surface area contributed by atoms with Gasteiger partial charge < -0.3 is 10.1 Å². The first kappa shape index (κ1) is 13.3. The number of benzene rings is 2. The molecule has 2 aromatic carbocycles. The Labute approximate surface area is 129 Å². The van der Waals surface area contributed by atoms with Gasteiger partial charge in [0.1, 0.15) is 5.75 Å². The summed E-state index contributed by atoms with van der Waals surface area (Å²) in [6.07, 6.45) is 3.93. The summed E-state index contributed by atoms with van der Waals surface area (Å²) in [5.74, 6) is 1.04. The van der Waals surface area contributed by atoms with Crippen LogP contribution in [0.25, 0.3) is 10.8 Å². The highest BCUT2D eigenvalue weighted by atomic mass is 16.5. The van der Waals surface area contributed by atoms with Gasteiger partial charge in [-0.2, -0.15) is 5.10 Å². The number of hydrogen-bond acceptors (Lipinski definition) is 3. The van der Waals surface area contributed by atoms with Crippen LogP contribution >= 0.6 is 0 Å². The first-order valence-electron chi connectivity index (χ1n) is 7.78. The van der Waals surface area contributed by atoms with Crippen LogP contribution < -0.4 is 10.1 Å². The summed E-state index contributed by atoms with van der Waals surface area (Å²) in [6, 6.07) is 15.1. The average Bonchev–Trinajstić information content (AvgIpc) is 2.99. The third-order valence-corrected chi connectivity index (χ3v) is 4.27. The molecule has 4 heteroatoms. The van der Waals surface area contributed by atoms with Gasteiger partial charge in [0.2, 0.25) is 0 Å². The van der Waals surface area contributed by atoms with Crippen molar-refractivity contribution in [1.82, 2.24) is 15.5 Å². The highest BCUT2D eigenvalue weighted by molar-refractivity contribution is 5.89. The van der Waals surface area contributed by atoms with Crippen LogP contribution in [0.15, 0.2) is 48.7 Å². The number of ether oxygens (including phenoxy) is 1. The molecule has 2 N–H and O–H groups in total. The summed E-state index contributed by atoms with van der Waals surface area (Å²) in [7, 11) is 0. The molecule has 0 radical (unpaired) electrons. The molecule has 112 valence electrons. The number of nitrogens with one attached hydrogen (secondary N) is 2. The third kappa shape index (κ3) is 2.46. The minimum Gasteiger partial charge on any atom is -0.493 e. The van der Waals surface area contributed by atoms with Gasteiger partial charge in [-0.3, -0.25) is 5.10 Å². The lowest BCUT2D eigenvalue weighted by atomic mass is 9.98. The van der Waals surface area contributed by atoms with Crippen molar-refractivity contribution >= 4 is 10.8 Å². The van der Waals surface area contributed by atoms with Crippen molar-refractivity contribution in [3.63, 3.8) is 0 Å². The van der Waals surface area contributed by atoms with E-state index in [1.165, 1.54) is 16.3 Å². The first-order valence-corrected chi connectivity index (χ1v) is 7.78. The van der Waals surface area contributed by atoms with E-state index in [4.69, 9.17) is 4.74 Å². The molecule has 3 aromatic rings. The molecule has 1 aromatic heterocycles. The van der Waals surface area contributed by atoms with Crippen LogP contribution in [0, 0.1) is 0 Å². The van der Waals surface area contributed by atoms with Gasteiger partial charge in [-0.15, -0.1) is 0 Å². The summed E-state index contributed by atoms with van der Waals surface area (Å²) in [4.78, 5) is 0. The Balaban J connectivity index is 1.68. The molecule has 22 heavy (non-hydrogen) atoms. The number of aromatic nitrogens is 2. The molecular formula is C18H19N3O. The normalized spacial score (nSPS) is 17.7. The van der Waals surface area contributed by atoms with Crippen LogP contribution in [0.5, 0.6) is 5.75 Å². The van der Waals surface area contributed by atoms with E-state index in [1.54, 1.807) is 6.20 Å². The molecule has 1 unspecified atom stereocenters. The average molecular weight is 293 g/mol. The molecule has 1 aliphatic rings. The predicted octanol–water partition coefficient (Wildman–Crippen LogP) is 3.57. The zero-order valence-corrected chi connectivity index (χ0v) is 12.4. The topological polar surface area (TPSA) is 49.9 Å². The quantitative estimate of drug-likeness (QED) is 0.776. The van der Waals surface area contributed by atoms with Gasteiger partial charge in [0, 0.05) is 35.4 Å². The Kier molecular flexibility index (Phi) is 3.52. The minimum atomic E-state index is 0.311. The summed E-state index contributed by atoms with van der Waals surface area (Å²) < 4.78 is 6.07. The molecule has 0 spiro atoms. The molecule has 0 amide bonds. The Morgan fingerprint density at radius 3 is 3.05 bits per heavy atom. The van der Waals surface area contributed by atoms with Crippen LogP contribution in [0.3, 0.4) is 0 Å². The fraction of sp³-hybridized carbons (Fsp3) is 0.278. The smallest absolute Gasteiger partial charge is 0.131 e. The minimum absolute atomic E-state index is 0.311. The van der Waals surface area contributed by atoms with Gasteiger partial charge in [0.05, 0.1) is 6.61 Å². The second-order valence-corrected chi connectivity index (χ2v) is 5.71. The predicted molar refractivity (Wildman–Crippen MR) is 86.8 cm³/mol. The second-order valence-electron chi connectivity index (χ2n) is 5.71. The Morgan fingerprint density at radius 1 is 1.18 bits per heavy atom. The van der Waals surface area contributed by atoms with Gasteiger partial charge in [0.15, 0.2) is 0 Å². The molecular weight excluding hydrogens is 274 g/mol. The van der Waals surface area contributed by atoms with E-state index in [0.29, 0.717) is 6.04 Å². The highest BCUT2D eigenvalue weighted by Gasteiger charge is 2.21. The van der Waals surface area contributed by atoms with Crippen LogP contribution in [0.4, 0.5) is 0 Å². The molecule has 1 atom stereocenters. The maximum Gasteiger partial charge on any atom is 0.131 e. The molecule has 4 nitrogen and oxygen atoms in total. The largest absolute Gasteiger partial charge is 0.493 e. The Bertz CT molecular complexity index is 767. The van der Waals surface area contributed by atoms with Crippen molar-refractivity contribution in [2.75, 3.05) is 6.61 Å². The van der Waals surface area contributed by atoms with Gasteiger partial charge >= 0.3 is 0 Å². The highest BCUT2D eigenvalue weighted by Crippen LogP contribution is 2.37. The van der Waals surface area contributed by atoms with Gasteiger partial charge in [0.25, 0.3) is 0 Å².